The second-order valence-electron chi connectivity index (χ2n) is 3.39. The molecule has 4 nitrogen and oxygen atoms in total. The number of carbonyl (C=O) groups excluding carboxylic acids is 1. The van der Waals surface area contributed by atoms with Crippen LogP contribution < -0.4 is 5.32 Å². The highest BCUT2D eigenvalue weighted by molar-refractivity contribution is 7.18. The Kier molecular flexibility index (Phi) is 3.17. The van der Waals surface area contributed by atoms with Crippen LogP contribution in [0.1, 0.15) is 15.4 Å². The summed E-state index contributed by atoms with van der Waals surface area (Å²) < 4.78 is 1.01. The van der Waals surface area contributed by atoms with Crippen molar-refractivity contribution in [2.45, 2.75) is 6.92 Å². The Bertz CT molecular complexity index is 522. The summed E-state index contributed by atoms with van der Waals surface area (Å²) in [7, 11) is 0. The molecule has 0 radical (unpaired) electrons. The third-order valence-corrected chi connectivity index (χ3v) is 3.09. The lowest BCUT2D eigenvalue weighted by Crippen LogP contribution is -2.26. The summed E-state index contributed by atoms with van der Waals surface area (Å²) in [6.45, 7) is 2.17. The Morgan fingerprint density at radius 1 is 1.56 bits per heavy atom. The van der Waals surface area contributed by atoms with E-state index in [1.165, 1.54) is 0 Å². The van der Waals surface area contributed by atoms with Crippen LogP contribution in [0.3, 0.4) is 0 Å². The first-order valence-corrected chi connectivity index (χ1v) is 5.78. The van der Waals surface area contributed by atoms with Gasteiger partial charge in [-0.15, -0.1) is 11.3 Å². The van der Waals surface area contributed by atoms with E-state index in [1.807, 2.05) is 19.1 Å². The lowest BCUT2D eigenvalue weighted by atomic mass is 10.2. The monoisotopic (exact) mass is 236 g/mol. The Morgan fingerprint density at radius 2 is 2.38 bits per heavy atom. The third-order valence-electron chi connectivity index (χ3n) is 2.15. The molecular formula is C11H12N2O2S. The number of thiazole rings is 1. The second-order valence-corrected chi connectivity index (χ2v) is 4.63. The number of aryl methyl sites for hydroxylation is 1. The zero-order valence-electron chi connectivity index (χ0n) is 8.86. The number of hydrogen-bond acceptors (Lipinski definition) is 4. The number of aliphatic hydroxyl groups is 1. The van der Waals surface area contributed by atoms with Crippen LogP contribution in [0, 0.1) is 6.92 Å². The number of nitrogens with one attached hydrogen (secondary N) is 1. The van der Waals surface area contributed by atoms with Gasteiger partial charge in [0, 0.05) is 12.1 Å². The smallest absolute Gasteiger partial charge is 0.251 e. The summed E-state index contributed by atoms with van der Waals surface area (Å²) in [5.41, 5.74) is 1.52. The summed E-state index contributed by atoms with van der Waals surface area (Å²) in [5, 5.41) is 12.2. The van der Waals surface area contributed by atoms with Crippen molar-refractivity contribution in [3.8, 4) is 0 Å². The van der Waals surface area contributed by atoms with Crippen LogP contribution in [-0.4, -0.2) is 29.1 Å². The van der Waals surface area contributed by atoms with Gasteiger partial charge < -0.3 is 10.4 Å². The number of nitrogens with zero attached hydrogens (tertiary/aromatic N) is 1. The van der Waals surface area contributed by atoms with Crippen LogP contribution in [-0.2, 0) is 0 Å². The molecule has 2 aromatic rings. The van der Waals surface area contributed by atoms with Crippen molar-refractivity contribution >= 4 is 27.5 Å². The molecule has 0 aliphatic rings. The van der Waals surface area contributed by atoms with Crippen LogP contribution in [0.15, 0.2) is 18.2 Å². The summed E-state index contributed by atoms with van der Waals surface area (Å²) in [6.07, 6.45) is 0. The normalized spacial score (nSPS) is 10.6. The molecule has 0 aliphatic carbocycles. The van der Waals surface area contributed by atoms with Gasteiger partial charge >= 0.3 is 0 Å². The first kappa shape index (κ1) is 11.0. The minimum absolute atomic E-state index is 0.0480. The third kappa shape index (κ3) is 2.20. The zero-order chi connectivity index (χ0) is 11.5. The molecule has 0 atom stereocenters. The van der Waals surface area contributed by atoms with Crippen molar-refractivity contribution in [2.75, 3.05) is 13.2 Å². The molecule has 2 rings (SSSR count). The average Bonchev–Trinajstić information content (AvgIpc) is 2.64. The number of hydrogen-bond donors (Lipinski definition) is 2. The Morgan fingerprint density at radius 3 is 3.12 bits per heavy atom. The SMILES string of the molecule is Cc1nc2ccc(C(=O)NCCO)cc2s1. The molecule has 0 aliphatic heterocycles. The molecule has 0 saturated heterocycles. The van der Waals surface area contributed by atoms with Gasteiger partial charge in [0.2, 0.25) is 0 Å². The zero-order valence-corrected chi connectivity index (χ0v) is 9.67. The molecule has 0 spiro atoms. The number of carbonyl (C=O) groups is 1. The van der Waals surface area contributed by atoms with E-state index in [0.29, 0.717) is 5.56 Å². The lowest BCUT2D eigenvalue weighted by Gasteiger charge is -2.02. The van der Waals surface area contributed by atoms with Gasteiger partial charge in [-0.25, -0.2) is 4.98 Å². The molecule has 2 N–H and O–H groups in total. The fraction of sp³-hybridized carbons (Fsp3) is 0.273. The van der Waals surface area contributed by atoms with Gasteiger partial charge in [-0.3, -0.25) is 4.79 Å². The number of fused-ring (bicyclic) bond motifs is 1. The maximum Gasteiger partial charge on any atom is 0.251 e. The van der Waals surface area contributed by atoms with Gasteiger partial charge in [0.1, 0.15) is 0 Å². The van der Waals surface area contributed by atoms with Crippen LogP contribution in [0.4, 0.5) is 0 Å². The number of amides is 1. The number of rotatable bonds is 3. The van der Waals surface area contributed by atoms with Crippen molar-refractivity contribution < 1.29 is 9.90 Å². The van der Waals surface area contributed by atoms with Crippen LogP contribution >= 0.6 is 11.3 Å². The molecule has 0 fully saturated rings. The van der Waals surface area contributed by atoms with Gasteiger partial charge in [-0.2, -0.15) is 0 Å². The molecule has 0 saturated carbocycles. The topological polar surface area (TPSA) is 62.2 Å². The van der Waals surface area contributed by atoms with Crippen LogP contribution in [0.2, 0.25) is 0 Å². The van der Waals surface area contributed by atoms with Gasteiger partial charge in [-0.1, -0.05) is 0 Å². The average molecular weight is 236 g/mol. The highest BCUT2D eigenvalue weighted by Crippen LogP contribution is 2.22. The first-order valence-electron chi connectivity index (χ1n) is 4.97. The van der Waals surface area contributed by atoms with E-state index in [0.717, 1.165) is 15.2 Å². The first-order chi connectivity index (χ1) is 7.70. The molecule has 1 heterocycles. The van der Waals surface area contributed by atoms with Crippen LogP contribution in [0.5, 0.6) is 0 Å². The van der Waals surface area contributed by atoms with E-state index in [-0.39, 0.29) is 19.1 Å². The minimum Gasteiger partial charge on any atom is -0.395 e. The van der Waals surface area contributed by atoms with Crippen molar-refractivity contribution in [1.29, 1.82) is 0 Å². The minimum atomic E-state index is -0.165. The fourth-order valence-electron chi connectivity index (χ4n) is 1.45. The molecule has 1 aromatic heterocycles. The van der Waals surface area contributed by atoms with Crippen molar-refractivity contribution in [2.24, 2.45) is 0 Å². The summed E-state index contributed by atoms with van der Waals surface area (Å²) in [4.78, 5) is 15.9. The van der Waals surface area contributed by atoms with Crippen molar-refractivity contribution in [3.05, 3.63) is 28.8 Å². The standard InChI is InChI=1S/C11H12N2O2S/c1-7-13-9-3-2-8(6-10(9)16-7)11(15)12-4-5-14/h2-3,6,14H,4-5H2,1H3,(H,12,15). The second kappa shape index (κ2) is 4.59. The van der Waals surface area contributed by atoms with E-state index in [2.05, 4.69) is 10.3 Å². The molecule has 5 heteroatoms. The molecule has 1 amide bonds. The van der Waals surface area contributed by atoms with Crippen molar-refractivity contribution in [1.82, 2.24) is 10.3 Å². The number of benzene rings is 1. The highest BCUT2D eigenvalue weighted by Gasteiger charge is 2.07. The van der Waals surface area contributed by atoms with E-state index >= 15 is 0 Å². The Labute approximate surface area is 96.9 Å². The molecule has 1 aromatic carbocycles. The van der Waals surface area contributed by atoms with Gasteiger partial charge in [0.05, 0.1) is 21.8 Å². The molecule has 84 valence electrons. The maximum atomic E-state index is 11.6. The fourth-order valence-corrected chi connectivity index (χ4v) is 2.32. The highest BCUT2D eigenvalue weighted by atomic mass is 32.1. The van der Waals surface area contributed by atoms with Crippen molar-refractivity contribution in [3.63, 3.8) is 0 Å². The predicted octanol–water partition coefficient (Wildman–Crippen LogP) is 1.33. The van der Waals surface area contributed by atoms with E-state index in [1.54, 1.807) is 17.4 Å². The van der Waals surface area contributed by atoms with E-state index < -0.39 is 0 Å². The molecule has 0 unspecified atom stereocenters. The molecule has 0 bridgehead atoms. The molecular weight excluding hydrogens is 224 g/mol. The summed E-state index contributed by atoms with van der Waals surface area (Å²) in [5.74, 6) is -0.165. The Hall–Kier alpha value is -1.46. The number of aliphatic hydroxyl groups excluding tert-OH is 1. The van der Waals surface area contributed by atoms with E-state index in [4.69, 9.17) is 5.11 Å². The van der Waals surface area contributed by atoms with Gasteiger partial charge in [0.25, 0.3) is 5.91 Å². The Balaban J connectivity index is 2.28. The number of aromatic nitrogens is 1. The quantitative estimate of drug-likeness (QED) is 0.845. The largest absolute Gasteiger partial charge is 0.395 e. The van der Waals surface area contributed by atoms with Gasteiger partial charge in [0.15, 0.2) is 0 Å². The molecule has 16 heavy (non-hydrogen) atoms. The summed E-state index contributed by atoms with van der Waals surface area (Å²) >= 11 is 1.57. The predicted molar refractivity (Wildman–Crippen MR) is 63.8 cm³/mol. The summed E-state index contributed by atoms with van der Waals surface area (Å²) in [6, 6.07) is 5.41. The van der Waals surface area contributed by atoms with Gasteiger partial charge in [-0.05, 0) is 25.1 Å². The van der Waals surface area contributed by atoms with E-state index in [9.17, 15) is 4.79 Å². The van der Waals surface area contributed by atoms with Crippen LogP contribution in [0.25, 0.3) is 10.2 Å². The lowest BCUT2D eigenvalue weighted by molar-refractivity contribution is 0.0945. The maximum absolute atomic E-state index is 11.6.